The summed E-state index contributed by atoms with van der Waals surface area (Å²) in [5, 5.41) is 29.5. The molecular weight excluding hydrogens is 212 g/mol. The van der Waals surface area contributed by atoms with E-state index in [2.05, 4.69) is 10.3 Å². The van der Waals surface area contributed by atoms with Crippen LogP contribution in [0.3, 0.4) is 0 Å². The number of carboxylic acids is 1. The maximum atomic E-state index is 11.0. The van der Waals surface area contributed by atoms with E-state index in [0.29, 0.717) is 5.56 Å². The maximum absolute atomic E-state index is 11.0. The van der Waals surface area contributed by atoms with Gasteiger partial charge in [-0.25, -0.2) is 9.78 Å². The minimum absolute atomic E-state index is 0.0504. The normalized spacial score (nSPS) is 10.5. The molecule has 0 saturated carbocycles. The molecule has 1 heterocycles. The van der Waals surface area contributed by atoms with E-state index in [1.54, 1.807) is 13.0 Å². The van der Waals surface area contributed by atoms with Crippen molar-refractivity contribution in [1.29, 1.82) is 0 Å². The molecule has 0 fully saturated rings. The fourth-order valence-electron chi connectivity index (χ4n) is 1.28. The molecule has 6 nitrogen and oxygen atoms in total. The van der Waals surface area contributed by atoms with Crippen LogP contribution in [-0.4, -0.2) is 45.5 Å². The van der Waals surface area contributed by atoms with Crippen molar-refractivity contribution in [2.75, 3.05) is 18.5 Å². The summed E-state index contributed by atoms with van der Waals surface area (Å²) in [7, 11) is 0. The first-order valence-electron chi connectivity index (χ1n) is 4.77. The molecule has 1 aromatic rings. The molecule has 0 aliphatic heterocycles. The Kier molecular flexibility index (Phi) is 4.21. The largest absolute Gasteiger partial charge is 0.478 e. The minimum Gasteiger partial charge on any atom is -0.478 e. The van der Waals surface area contributed by atoms with Crippen LogP contribution in [0.4, 0.5) is 5.82 Å². The first-order valence-corrected chi connectivity index (χ1v) is 4.77. The maximum Gasteiger partial charge on any atom is 0.339 e. The number of pyridine rings is 1. The number of nitrogens with one attached hydrogen (secondary N) is 1. The van der Waals surface area contributed by atoms with Crippen LogP contribution in [0.1, 0.15) is 15.9 Å². The van der Waals surface area contributed by atoms with Crippen molar-refractivity contribution in [1.82, 2.24) is 4.98 Å². The van der Waals surface area contributed by atoms with Gasteiger partial charge in [0.25, 0.3) is 0 Å². The molecule has 88 valence electrons. The summed E-state index contributed by atoms with van der Waals surface area (Å²) in [6.45, 7) is 1.06. The van der Waals surface area contributed by atoms with E-state index in [0.717, 1.165) is 0 Å². The lowest BCUT2D eigenvalue weighted by Gasteiger charge is -2.16. The second-order valence-corrected chi connectivity index (χ2v) is 3.36. The third kappa shape index (κ3) is 2.68. The monoisotopic (exact) mass is 226 g/mol. The highest BCUT2D eigenvalue weighted by molar-refractivity contribution is 5.94. The third-order valence-corrected chi connectivity index (χ3v) is 2.15. The number of carboxylic acid groups (broad SMARTS) is 1. The lowest BCUT2D eigenvalue weighted by molar-refractivity contribution is 0.0696. The smallest absolute Gasteiger partial charge is 0.339 e. The van der Waals surface area contributed by atoms with Gasteiger partial charge in [0.15, 0.2) is 0 Å². The SMILES string of the molecule is Cc1ccnc(NC(CO)CO)c1C(=O)O. The Morgan fingerprint density at radius 1 is 1.50 bits per heavy atom. The van der Waals surface area contributed by atoms with Crippen molar-refractivity contribution < 1.29 is 20.1 Å². The van der Waals surface area contributed by atoms with Crippen molar-refractivity contribution in [3.8, 4) is 0 Å². The fraction of sp³-hybridized carbons (Fsp3) is 0.400. The Balaban J connectivity index is 3.03. The first-order chi connectivity index (χ1) is 7.60. The summed E-state index contributed by atoms with van der Waals surface area (Å²) in [6, 6.07) is 0.967. The lowest BCUT2D eigenvalue weighted by atomic mass is 10.1. The zero-order valence-corrected chi connectivity index (χ0v) is 8.84. The van der Waals surface area contributed by atoms with E-state index in [1.165, 1.54) is 6.20 Å². The number of nitrogens with zero attached hydrogens (tertiary/aromatic N) is 1. The zero-order valence-electron chi connectivity index (χ0n) is 8.84. The van der Waals surface area contributed by atoms with Gasteiger partial charge in [-0.15, -0.1) is 0 Å². The predicted octanol–water partition coefficient (Wildman–Crippen LogP) is -0.147. The van der Waals surface area contributed by atoms with Gasteiger partial charge in [-0.3, -0.25) is 0 Å². The van der Waals surface area contributed by atoms with Gasteiger partial charge in [0.1, 0.15) is 11.4 Å². The Morgan fingerprint density at radius 3 is 2.62 bits per heavy atom. The summed E-state index contributed by atoms with van der Waals surface area (Å²) < 4.78 is 0. The molecule has 0 atom stereocenters. The van der Waals surface area contributed by atoms with E-state index in [1.807, 2.05) is 0 Å². The molecule has 0 radical (unpaired) electrons. The fourth-order valence-corrected chi connectivity index (χ4v) is 1.28. The molecule has 1 aromatic heterocycles. The number of rotatable bonds is 5. The Bertz CT molecular complexity index is 377. The number of aromatic nitrogens is 1. The molecule has 0 bridgehead atoms. The first kappa shape index (κ1) is 12.4. The number of hydrogen-bond donors (Lipinski definition) is 4. The van der Waals surface area contributed by atoms with Gasteiger partial charge in [-0.05, 0) is 18.6 Å². The molecule has 0 saturated heterocycles. The quantitative estimate of drug-likeness (QED) is 0.557. The van der Waals surface area contributed by atoms with E-state index >= 15 is 0 Å². The Hall–Kier alpha value is -1.66. The number of aromatic carboxylic acids is 1. The van der Waals surface area contributed by atoms with Gasteiger partial charge in [-0.2, -0.15) is 0 Å². The summed E-state index contributed by atoms with van der Waals surface area (Å²) in [4.78, 5) is 14.9. The van der Waals surface area contributed by atoms with E-state index in [9.17, 15) is 4.79 Å². The van der Waals surface area contributed by atoms with Crippen molar-refractivity contribution in [2.45, 2.75) is 13.0 Å². The molecule has 0 aliphatic carbocycles. The molecule has 0 aromatic carbocycles. The van der Waals surface area contributed by atoms with Crippen LogP contribution >= 0.6 is 0 Å². The standard InChI is InChI=1S/C10H14N2O4/c1-6-2-3-11-9(8(6)10(15)16)12-7(4-13)5-14/h2-3,7,13-14H,4-5H2,1H3,(H,11,12)(H,15,16). The van der Waals surface area contributed by atoms with Crippen LogP contribution < -0.4 is 5.32 Å². The van der Waals surface area contributed by atoms with Gasteiger partial charge in [0, 0.05) is 6.20 Å². The number of aliphatic hydroxyl groups is 2. The van der Waals surface area contributed by atoms with Crippen molar-refractivity contribution in [3.63, 3.8) is 0 Å². The molecule has 0 amide bonds. The number of aliphatic hydroxyl groups excluding tert-OH is 2. The molecular formula is C10H14N2O4. The number of aryl methyl sites for hydroxylation is 1. The highest BCUT2D eigenvalue weighted by Gasteiger charge is 2.16. The molecule has 1 rings (SSSR count). The van der Waals surface area contributed by atoms with E-state index < -0.39 is 12.0 Å². The van der Waals surface area contributed by atoms with Crippen LogP contribution in [0.5, 0.6) is 0 Å². The van der Waals surface area contributed by atoms with Crippen LogP contribution in [0.2, 0.25) is 0 Å². The van der Waals surface area contributed by atoms with Crippen LogP contribution in [0, 0.1) is 6.92 Å². The average Bonchev–Trinajstić information content (AvgIpc) is 2.25. The molecule has 0 spiro atoms. The highest BCUT2D eigenvalue weighted by atomic mass is 16.4. The Labute approximate surface area is 92.6 Å². The average molecular weight is 226 g/mol. The second kappa shape index (κ2) is 5.43. The summed E-state index contributed by atoms with van der Waals surface area (Å²) in [6.07, 6.45) is 1.47. The van der Waals surface area contributed by atoms with Crippen molar-refractivity contribution in [3.05, 3.63) is 23.4 Å². The second-order valence-electron chi connectivity index (χ2n) is 3.36. The molecule has 0 aliphatic rings. The van der Waals surface area contributed by atoms with Gasteiger partial charge in [0.05, 0.1) is 19.3 Å². The van der Waals surface area contributed by atoms with E-state index in [4.69, 9.17) is 15.3 Å². The van der Waals surface area contributed by atoms with Crippen LogP contribution in [0.25, 0.3) is 0 Å². The Morgan fingerprint density at radius 2 is 2.12 bits per heavy atom. The number of anilines is 1. The van der Waals surface area contributed by atoms with Gasteiger partial charge in [0.2, 0.25) is 0 Å². The highest BCUT2D eigenvalue weighted by Crippen LogP contribution is 2.17. The summed E-state index contributed by atoms with van der Waals surface area (Å²) in [5.74, 6) is -0.941. The van der Waals surface area contributed by atoms with Gasteiger partial charge >= 0.3 is 5.97 Å². The van der Waals surface area contributed by atoms with Gasteiger partial charge in [-0.1, -0.05) is 0 Å². The number of carbonyl (C=O) groups is 1. The lowest BCUT2D eigenvalue weighted by Crippen LogP contribution is -2.29. The predicted molar refractivity (Wildman–Crippen MR) is 57.5 cm³/mol. The number of hydrogen-bond acceptors (Lipinski definition) is 5. The molecule has 0 unspecified atom stereocenters. The van der Waals surface area contributed by atoms with Gasteiger partial charge < -0.3 is 20.6 Å². The van der Waals surface area contributed by atoms with E-state index in [-0.39, 0.29) is 24.6 Å². The van der Waals surface area contributed by atoms with Crippen LogP contribution in [0.15, 0.2) is 12.3 Å². The molecule has 6 heteroatoms. The molecule has 4 N–H and O–H groups in total. The summed E-state index contributed by atoms with van der Waals surface area (Å²) in [5.41, 5.74) is 0.619. The van der Waals surface area contributed by atoms with Crippen molar-refractivity contribution in [2.24, 2.45) is 0 Å². The van der Waals surface area contributed by atoms with Crippen molar-refractivity contribution >= 4 is 11.8 Å². The zero-order chi connectivity index (χ0) is 12.1. The van der Waals surface area contributed by atoms with Crippen LogP contribution in [-0.2, 0) is 0 Å². The topological polar surface area (TPSA) is 103 Å². The summed E-state index contributed by atoms with van der Waals surface area (Å²) >= 11 is 0. The minimum atomic E-state index is -1.09. The molecule has 16 heavy (non-hydrogen) atoms. The third-order valence-electron chi connectivity index (χ3n) is 2.15.